The SMILES string of the molecule is COc1ccc(CC(=O)NCc2cn[nH]c2N)cc1OC. The molecule has 0 aliphatic rings. The molecule has 21 heavy (non-hydrogen) atoms. The first-order valence-electron chi connectivity index (χ1n) is 6.39. The number of benzene rings is 1. The molecule has 1 aromatic carbocycles. The lowest BCUT2D eigenvalue weighted by Crippen LogP contribution is -2.24. The van der Waals surface area contributed by atoms with E-state index in [1.807, 2.05) is 6.07 Å². The van der Waals surface area contributed by atoms with Gasteiger partial charge in [-0.25, -0.2) is 0 Å². The van der Waals surface area contributed by atoms with Crippen LogP contribution in [0.5, 0.6) is 11.5 Å². The number of ether oxygens (including phenoxy) is 2. The van der Waals surface area contributed by atoms with E-state index in [2.05, 4.69) is 15.5 Å². The number of aromatic amines is 1. The fraction of sp³-hybridized carbons (Fsp3) is 0.286. The molecule has 0 aliphatic carbocycles. The van der Waals surface area contributed by atoms with Gasteiger partial charge in [-0.15, -0.1) is 0 Å². The van der Waals surface area contributed by atoms with Crippen LogP contribution in [0.2, 0.25) is 0 Å². The van der Waals surface area contributed by atoms with Gasteiger partial charge in [-0.2, -0.15) is 5.10 Å². The summed E-state index contributed by atoms with van der Waals surface area (Å²) in [5.41, 5.74) is 7.25. The predicted molar refractivity (Wildman–Crippen MR) is 78.1 cm³/mol. The Morgan fingerprint density at radius 1 is 1.33 bits per heavy atom. The van der Waals surface area contributed by atoms with E-state index in [1.54, 1.807) is 32.5 Å². The molecule has 2 rings (SSSR count). The van der Waals surface area contributed by atoms with Crippen molar-refractivity contribution in [2.24, 2.45) is 0 Å². The van der Waals surface area contributed by atoms with Crippen molar-refractivity contribution in [3.63, 3.8) is 0 Å². The Morgan fingerprint density at radius 3 is 2.71 bits per heavy atom. The molecule has 0 aliphatic heterocycles. The van der Waals surface area contributed by atoms with E-state index in [9.17, 15) is 4.79 Å². The molecule has 0 saturated carbocycles. The number of H-pyrrole nitrogens is 1. The van der Waals surface area contributed by atoms with Crippen molar-refractivity contribution in [2.75, 3.05) is 20.0 Å². The molecule has 2 aromatic rings. The molecule has 0 spiro atoms. The third kappa shape index (κ3) is 3.65. The highest BCUT2D eigenvalue weighted by molar-refractivity contribution is 5.78. The number of nitrogens with one attached hydrogen (secondary N) is 2. The Bertz CT molecular complexity index is 624. The van der Waals surface area contributed by atoms with Crippen LogP contribution in [0.3, 0.4) is 0 Å². The maximum absolute atomic E-state index is 11.9. The van der Waals surface area contributed by atoms with Gasteiger partial charge < -0.3 is 20.5 Å². The molecule has 0 atom stereocenters. The van der Waals surface area contributed by atoms with Gasteiger partial charge in [-0.05, 0) is 17.7 Å². The minimum Gasteiger partial charge on any atom is -0.493 e. The summed E-state index contributed by atoms with van der Waals surface area (Å²) in [7, 11) is 3.13. The summed E-state index contributed by atoms with van der Waals surface area (Å²) in [5, 5.41) is 9.20. The van der Waals surface area contributed by atoms with Crippen molar-refractivity contribution < 1.29 is 14.3 Å². The highest BCUT2D eigenvalue weighted by Gasteiger charge is 2.09. The van der Waals surface area contributed by atoms with Crippen LogP contribution in [-0.4, -0.2) is 30.3 Å². The number of nitrogens with two attached hydrogens (primary N) is 1. The van der Waals surface area contributed by atoms with Crippen molar-refractivity contribution in [3.05, 3.63) is 35.5 Å². The lowest BCUT2D eigenvalue weighted by atomic mass is 10.1. The molecule has 112 valence electrons. The summed E-state index contributed by atoms with van der Waals surface area (Å²) in [6, 6.07) is 5.38. The molecule has 1 aromatic heterocycles. The molecule has 7 nitrogen and oxygen atoms in total. The van der Waals surface area contributed by atoms with E-state index < -0.39 is 0 Å². The van der Waals surface area contributed by atoms with E-state index in [4.69, 9.17) is 15.2 Å². The summed E-state index contributed by atoms with van der Waals surface area (Å²) in [5.74, 6) is 1.58. The lowest BCUT2D eigenvalue weighted by molar-refractivity contribution is -0.120. The van der Waals surface area contributed by atoms with Crippen molar-refractivity contribution >= 4 is 11.7 Å². The van der Waals surface area contributed by atoms with Gasteiger partial charge in [0.15, 0.2) is 11.5 Å². The lowest BCUT2D eigenvalue weighted by Gasteiger charge is -2.09. The number of aromatic nitrogens is 2. The standard InChI is InChI=1S/C14H18N4O3/c1-20-11-4-3-9(5-12(11)21-2)6-13(19)16-7-10-8-17-18-14(10)15/h3-5,8H,6-7H2,1-2H3,(H,16,19)(H3,15,17,18). The van der Waals surface area contributed by atoms with Gasteiger partial charge in [0.05, 0.1) is 26.8 Å². The zero-order valence-electron chi connectivity index (χ0n) is 12.0. The molecular weight excluding hydrogens is 272 g/mol. The van der Waals surface area contributed by atoms with Crippen LogP contribution in [-0.2, 0) is 17.8 Å². The van der Waals surface area contributed by atoms with E-state index in [1.165, 1.54) is 0 Å². The predicted octanol–water partition coefficient (Wildman–Crippen LogP) is 0.868. The van der Waals surface area contributed by atoms with Gasteiger partial charge in [0.25, 0.3) is 0 Å². The smallest absolute Gasteiger partial charge is 0.224 e. The highest BCUT2D eigenvalue weighted by atomic mass is 16.5. The summed E-state index contributed by atoms with van der Waals surface area (Å²) in [6.07, 6.45) is 1.84. The number of carbonyl (C=O) groups excluding carboxylic acids is 1. The summed E-state index contributed by atoms with van der Waals surface area (Å²) in [4.78, 5) is 11.9. The van der Waals surface area contributed by atoms with Crippen LogP contribution in [0.1, 0.15) is 11.1 Å². The molecule has 0 saturated heterocycles. The van der Waals surface area contributed by atoms with Crippen LogP contribution >= 0.6 is 0 Å². The Kier molecular flexibility index (Phi) is 4.65. The summed E-state index contributed by atoms with van der Waals surface area (Å²) in [6.45, 7) is 0.342. The van der Waals surface area contributed by atoms with Gasteiger partial charge in [-0.1, -0.05) is 6.07 Å². The molecule has 0 radical (unpaired) electrons. The van der Waals surface area contributed by atoms with Crippen LogP contribution in [0.15, 0.2) is 24.4 Å². The average Bonchev–Trinajstić information content (AvgIpc) is 2.90. The fourth-order valence-corrected chi connectivity index (χ4v) is 1.89. The highest BCUT2D eigenvalue weighted by Crippen LogP contribution is 2.27. The molecule has 0 fully saturated rings. The molecule has 0 bridgehead atoms. The Balaban J connectivity index is 1.95. The normalized spacial score (nSPS) is 10.2. The molecule has 4 N–H and O–H groups in total. The molecular formula is C14H18N4O3. The first kappa shape index (κ1) is 14.7. The number of anilines is 1. The van der Waals surface area contributed by atoms with Crippen LogP contribution < -0.4 is 20.5 Å². The van der Waals surface area contributed by atoms with E-state index >= 15 is 0 Å². The largest absolute Gasteiger partial charge is 0.493 e. The number of methoxy groups -OCH3 is 2. The van der Waals surface area contributed by atoms with Crippen molar-refractivity contribution in [2.45, 2.75) is 13.0 Å². The summed E-state index contributed by atoms with van der Waals surface area (Å²) >= 11 is 0. The Morgan fingerprint density at radius 2 is 2.10 bits per heavy atom. The number of amides is 1. The van der Waals surface area contributed by atoms with Gasteiger partial charge >= 0.3 is 0 Å². The van der Waals surface area contributed by atoms with Gasteiger partial charge in [0.1, 0.15) is 5.82 Å². The fourth-order valence-electron chi connectivity index (χ4n) is 1.89. The summed E-state index contributed by atoms with van der Waals surface area (Å²) < 4.78 is 10.4. The zero-order valence-corrected chi connectivity index (χ0v) is 12.0. The van der Waals surface area contributed by atoms with Crippen molar-refractivity contribution in [3.8, 4) is 11.5 Å². The van der Waals surface area contributed by atoms with Crippen LogP contribution in [0, 0.1) is 0 Å². The minimum atomic E-state index is -0.109. The van der Waals surface area contributed by atoms with Crippen molar-refractivity contribution in [1.82, 2.24) is 15.5 Å². The molecule has 0 unspecified atom stereocenters. The van der Waals surface area contributed by atoms with E-state index in [-0.39, 0.29) is 12.3 Å². The van der Waals surface area contributed by atoms with Crippen LogP contribution in [0.25, 0.3) is 0 Å². The quantitative estimate of drug-likeness (QED) is 0.732. The van der Waals surface area contributed by atoms with Gasteiger partial charge in [0, 0.05) is 12.1 Å². The Labute approximate surface area is 122 Å². The van der Waals surface area contributed by atoms with Crippen LogP contribution in [0.4, 0.5) is 5.82 Å². The molecule has 7 heteroatoms. The van der Waals surface area contributed by atoms with E-state index in [0.29, 0.717) is 23.9 Å². The van der Waals surface area contributed by atoms with Gasteiger partial charge in [-0.3, -0.25) is 9.89 Å². The topological polar surface area (TPSA) is 102 Å². The first-order valence-corrected chi connectivity index (χ1v) is 6.39. The first-order chi connectivity index (χ1) is 10.1. The number of rotatable bonds is 6. The molecule has 1 heterocycles. The minimum absolute atomic E-state index is 0.109. The van der Waals surface area contributed by atoms with E-state index in [0.717, 1.165) is 11.1 Å². The third-order valence-electron chi connectivity index (χ3n) is 3.04. The monoisotopic (exact) mass is 290 g/mol. The van der Waals surface area contributed by atoms with Crippen molar-refractivity contribution in [1.29, 1.82) is 0 Å². The average molecular weight is 290 g/mol. The van der Waals surface area contributed by atoms with Gasteiger partial charge in [0.2, 0.25) is 5.91 Å². The molecule has 1 amide bonds. The number of nitrogens with zero attached hydrogens (tertiary/aromatic N) is 1. The third-order valence-corrected chi connectivity index (χ3v) is 3.04. The number of nitrogen functional groups attached to an aromatic ring is 1. The maximum Gasteiger partial charge on any atom is 0.224 e. The maximum atomic E-state index is 11.9. The second kappa shape index (κ2) is 6.65. The zero-order chi connectivity index (χ0) is 15.2. The second-order valence-corrected chi connectivity index (χ2v) is 4.45. The number of carbonyl (C=O) groups is 1. The number of hydrogen-bond donors (Lipinski definition) is 3. The Hall–Kier alpha value is -2.70. The second-order valence-electron chi connectivity index (χ2n) is 4.45. The number of hydrogen-bond acceptors (Lipinski definition) is 5.